The van der Waals surface area contributed by atoms with Gasteiger partial charge in [0.15, 0.2) is 0 Å². The van der Waals surface area contributed by atoms with Gasteiger partial charge < -0.3 is 9.32 Å². The molecule has 0 spiro atoms. The van der Waals surface area contributed by atoms with Gasteiger partial charge in [-0.2, -0.15) is 5.10 Å². The van der Waals surface area contributed by atoms with Crippen LogP contribution in [0.25, 0.3) is 0 Å². The molecule has 6 heteroatoms. The van der Waals surface area contributed by atoms with Crippen LogP contribution in [-0.2, 0) is 9.59 Å². The van der Waals surface area contributed by atoms with Crippen LogP contribution >= 0.6 is 0 Å². The minimum atomic E-state index is -0.133. The molecule has 2 aliphatic heterocycles. The Bertz CT molecular complexity index is 521. The van der Waals surface area contributed by atoms with Crippen LogP contribution in [0.3, 0.4) is 0 Å². The molecule has 1 atom stereocenters. The number of nitrogens with one attached hydrogen (secondary N) is 1. The molecular weight excluding hydrogens is 246 g/mol. The molecule has 0 aliphatic carbocycles. The molecule has 2 amide bonds. The van der Waals surface area contributed by atoms with E-state index in [2.05, 4.69) is 10.5 Å². The van der Waals surface area contributed by atoms with Gasteiger partial charge in [-0.25, -0.2) is 5.43 Å². The summed E-state index contributed by atoms with van der Waals surface area (Å²) in [5, 5.41) is 3.85. The van der Waals surface area contributed by atoms with Crippen LogP contribution in [0.15, 0.2) is 27.9 Å². The molecule has 1 fully saturated rings. The highest BCUT2D eigenvalue weighted by molar-refractivity contribution is 6.39. The number of likely N-dealkylation sites (tertiary alicyclic amines) is 1. The lowest BCUT2D eigenvalue weighted by Crippen LogP contribution is -2.38. The van der Waals surface area contributed by atoms with E-state index < -0.39 is 0 Å². The summed E-state index contributed by atoms with van der Waals surface area (Å²) in [5.74, 6) is 0.979. The number of hydrogen-bond donors (Lipinski definition) is 1. The Balaban J connectivity index is 1.65. The molecular formula is C13H15N3O3. The zero-order valence-electron chi connectivity index (χ0n) is 10.5. The monoisotopic (exact) mass is 261 g/mol. The zero-order valence-corrected chi connectivity index (χ0v) is 10.5. The quantitative estimate of drug-likeness (QED) is 0.858. The summed E-state index contributed by atoms with van der Waals surface area (Å²) >= 11 is 0. The van der Waals surface area contributed by atoms with Crippen LogP contribution in [0.1, 0.15) is 30.9 Å². The third kappa shape index (κ3) is 2.38. The number of carbonyl (C=O) groups is 2. The Labute approximate surface area is 110 Å². The van der Waals surface area contributed by atoms with Gasteiger partial charge in [-0.05, 0) is 18.6 Å². The fourth-order valence-electron chi connectivity index (χ4n) is 2.51. The van der Waals surface area contributed by atoms with Crippen molar-refractivity contribution in [1.29, 1.82) is 0 Å². The standard InChI is InChI=1S/C13H15N3O3/c17-12-4-3-10(14-15-12)13(18)16-6-5-9(8-16)11-2-1-7-19-11/h1-2,7,9H,3-6,8H2,(H,15,17). The van der Waals surface area contributed by atoms with Crippen LogP contribution in [0, 0.1) is 0 Å². The van der Waals surface area contributed by atoms with E-state index in [1.165, 1.54) is 0 Å². The Morgan fingerprint density at radius 1 is 1.47 bits per heavy atom. The van der Waals surface area contributed by atoms with Gasteiger partial charge in [-0.3, -0.25) is 9.59 Å². The van der Waals surface area contributed by atoms with Gasteiger partial charge in [0.05, 0.1) is 6.26 Å². The van der Waals surface area contributed by atoms with Crippen LogP contribution in [0.5, 0.6) is 0 Å². The summed E-state index contributed by atoms with van der Waals surface area (Å²) in [7, 11) is 0. The van der Waals surface area contributed by atoms with Gasteiger partial charge in [0.1, 0.15) is 11.5 Å². The highest BCUT2D eigenvalue weighted by atomic mass is 16.3. The molecule has 3 rings (SSSR count). The Hall–Kier alpha value is -2.11. The van der Waals surface area contributed by atoms with E-state index in [1.807, 2.05) is 12.1 Å². The predicted octanol–water partition coefficient (Wildman–Crippen LogP) is 0.861. The number of hydrogen-bond acceptors (Lipinski definition) is 4. The SMILES string of the molecule is O=C1CCC(C(=O)N2CCC(c3ccco3)C2)=NN1. The van der Waals surface area contributed by atoms with Gasteiger partial charge >= 0.3 is 0 Å². The lowest BCUT2D eigenvalue weighted by molar-refractivity contribution is -0.123. The number of nitrogens with zero attached hydrogens (tertiary/aromatic N) is 2. The largest absolute Gasteiger partial charge is 0.469 e. The summed E-state index contributed by atoms with van der Waals surface area (Å²) in [6, 6.07) is 3.80. The predicted molar refractivity (Wildman–Crippen MR) is 67.5 cm³/mol. The van der Waals surface area contributed by atoms with Crippen molar-refractivity contribution in [2.75, 3.05) is 13.1 Å². The first kappa shape index (κ1) is 12.0. The molecule has 100 valence electrons. The van der Waals surface area contributed by atoms with Gasteiger partial charge in [0.25, 0.3) is 5.91 Å². The fraction of sp³-hybridized carbons (Fsp3) is 0.462. The minimum absolute atomic E-state index is 0.0749. The number of amides is 2. The molecule has 0 aromatic carbocycles. The normalized spacial score (nSPS) is 23.2. The van der Waals surface area contributed by atoms with E-state index in [1.54, 1.807) is 11.2 Å². The van der Waals surface area contributed by atoms with Crippen LogP contribution in [-0.4, -0.2) is 35.5 Å². The van der Waals surface area contributed by atoms with Crippen molar-refractivity contribution in [3.63, 3.8) is 0 Å². The number of rotatable bonds is 2. The summed E-state index contributed by atoms with van der Waals surface area (Å²) in [6.07, 6.45) is 3.31. The van der Waals surface area contributed by atoms with Crippen molar-refractivity contribution < 1.29 is 14.0 Å². The maximum Gasteiger partial charge on any atom is 0.270 e. The molecule has 2 aliphatic rings. The smallest absolute Gasteiger partial charge is 0.270 e. The molecule has 1 N–H and O–H groups in total. The van der Waals surface area contributed by atoms with Crippen molar-refractivity contribution in [3.8, 4) is 0 Å². The molecule has 19 heavy (non-hydrogen) atoms. The second-order valence-electron chi connectivity index (χ2n) is 4.85. The molecule has 1 aromatic rings. The van der Waals surface area contributed by atoms with E-state index in [0.29, 0.717) is 31.6 Å². The van der Waals surface area contributed by atoms with Crippen LogP contribution in [0.2, 0.25) is 0 Å². The third-order valence-corrected chi connectivity index (χ3v) is 3.57. The minimum Gasteiger partial charge on any atom is -0.469 e. The molecule has 6 nitrogen and oxygen atoms in total. The molecule has 1 unspecified atom stereocenters. The average Bonchev–Trinajstić information content (AvgIpc) is 3.10. The van der Waals surface area contributed by atoms with E-state index in [-0.39, 0.29) is 17.7 Å². The molecule has 0 saturated carbocycles. The highest BCUT2D eigenvalue weighted by Crippen LogP contribution is 2.27. The molecule has 0 bridgehead atoms. The first-order valence-electron chi connectivity index (χ1n) is 6.42. The first-order chi connectivity index (χ1) is 9.24. The van der Waals surface area contributed by atoms with Crippen molar-refractivity contribution in [2.24, 2.45) is 5.10 Å². The Morgan fingerprint density at radius 2 is 2.37 bits per heavy atom. The molecule has 1 aromatic heterocycles. The topological polar surface area (TPSA) is 74.9 Å². The number of furan rings is 1. The first-order valence-corrected chi connectivity index (χ1v) is 6.42. The van der Waals surface area contributed by atoms with Crippen molar-refractivity contribution in [3.05, 3.63) is 24.2 Å². The highest BCUT2D eigenvalue weighted by Gasteiger charge is 2.31. The average molecular weight is 261 g/mol. The number of carbonyl (C=O) groups excluding carboxylic acids is 2. The summed E-state index contributed by atoms with van der Waals surface area (Å²) in [6.45, 7) is 1.36. The summed E-state index contributed by atoms with van der Waals surface area (Å²) < 4.78 is 5.38. The van der Waals surface area contributed by atoms with E-state index in [9.17, 15) is 9.59 Å². The maximum atomic E-state index is 12.2. The van der Waals surface area contributed by atoms with E-state index in [0.717, 1.165) is 12.2 Å². The van der Waals surface area contributed by atoms with Crippen molar-refractivity contribution in [1.82, 2.24) is 10.3 Å². The Kier molecular flexibility index (Phi) is 3.06. The van der Waals surface area contributed by atoms with Crippen LogP contribution < -0.4 is 5.43 Å². The molecule has 1 saturated heterocycles. The third-order valence-electron chi connectivity index (χ3n) is 3.57. The maximum absolute atomic E-state index is 12.2. The Morgan fingerprint density at radius 3 is 3.05 bits per heavy atom. The zero-order chi connectivity index (χ0) is 13.2. The lowest BCUT2D eigenvalue weighted by Gasteiger charge is -2.19. The summed E-state index contributed by atoms with van der Waals surface area (Å²) in [4.78, 5) is 25.0. The lowest BCUT2D eigenvalue weighted by atomic mass is 10.1. The van der Waals surface area contributed by atoms with Gasteiger partial charge in [0.2, 0.25) is 5.91 Å². The molecule has 0 radical (unpaired) electrons. The van der Waals surface area contributed by atoms with Gasteiger partial charge in [0, 0.05) is 31.8 Å². The fourth-order valence-corrected chi connectivity index (χ4v) is 2.51. The molecule has 3 heterocycles. The van der Waals surface area contributed by atoms with Crippen molar-refractivity contribution >= 4 is 17.5 Å². The summed E-state index contributed by atoms with van der Waals surface area (Å²) in [5.41, 5.74) is 2.80. The van der Waals surface area contributed by atoms with Gasteiger partial charge in [-0.1, -0.05) is 0 Å². The second-order valence-corrected chi connectivity index (χ2v) is 4.85. The van der Waals surface area contributed by atoms with E-state index in [4.69, 9.17) is 4.42 Å². The van der Waals surface area contributed by atoms with Gasteiger partial charge in [-0.15, -0.1) is 0 Å². The van der Waals surface area contributed by atoms with Crippen LogP contribution in [0.4, 0.5) is 0 Å². The van der Waals surface area contributed by atoms with Crippen molar-refractivity contribution in [2.45, 2.75) is 25.2 Å². The number of hydrazone groups is 1. The second kappa shape index (κ2) is 4.87. The van der Waals surface area contributed by atoms with E-state index >= 15 is 0 Å².